The van der Waals surface area contributed by atoms with Crippen LogP contribution in [0.25, 0.3) is 5.76 Å². The highest BCUT2D eigenvalue weighted by Gasteiger charge is 2.48. The van der Waals surface area contributed by atoms with Crippen molar-refractivity contribution in [2.45, 2.75) is 59.1 Å². The second-order valence-electron chi connectivity index (χ2n) is 10.0. The number of carbonyl (C=O) groups is 3. The summed E-state index contributed by atoms with van der Waals surface area (Å²) in [5.74, 6) is -1.24. The summed E-state index contributed by atoms with van der Waals surface area (Å²) in [7, 11) is 0. The fraction of sp³-hybridized carbons (Fsp3) is 0.355. The Morgan fingerprint density at radius 2 is 2.00 bits per heavy atom. The lowest BCUT2D eigenvalue weighted by atomic mass is 9.94. The van der Waals surface area contributed by atoms with E-state index in [0.717, 1.165) is 35.5 Å². The second kappa shape index (κ2) is 11.7. The molecule has 10 heteroatoms. The van der Waals surface area contributed by atoms with Gasteiger partial charge in [-0.2, -0.15) is 0 Å². The van der Waals surface area contributed by atoms with Crippen LogP contribution < -0.4 is 14.4 Å². The monoisotopic (exact) mass is 576 g/mol. The van der Waals surface area contributed by atoms with Gasteiger partial charge in [-0.15, -0.1) is 0 Å². The molecule has 0 saturated carbocycles. The molecule has 1 amide bonds. The van der Waals surface area contributed by atoms with Gasteiger partial charge in [-0.25, -0.2) is 9.78 Å². The van der Waals surface area contributed by atoms with Crippen molar-refractivity contribution in [2.24, 2.45) is 0 Å². The van der Waals surface area contributed by atoms with Crippen LogP contribution in [0.4, 0.5) is 5.13 Å². The number of esters is 1. The molecule has 41 heavy (non-hydrogen) atoms. The van der Waals surface area contributed by atoms with Crippen molar-refractivity contribution in [3.8, 4) is 11.5 Å². The van der Waals surface area contributed by atoms with Gasteiger partial charge < -0.3 is 19.3 Å². The summed E-state index contributed by atoms with van der Waals surface area (Å²) in [5.41, 5.74) is 2.19. The Morgan fingerprint density at radius 3 is 2.76 bits per heavy atom. The number of thiazole rings is 1. The van der Waals surface area contributed by atoms with Gasteiger partial charge in [0.1, 0.15) is 28.2 Å². The third-order valence-corrected chi connectivity index (χ3v) is 8.14. The van der Waals surface area contributed by atoms with Crippen molar-refractivity contribution >= 4 is 39.9 Å². The number of amides is 1. The Balaban J connectivity index is 1.64. The predicted molar refractivity (Wildman–Crippen MR) is 155 cm³/mol. The first-order valence-electron chi connectivity index (χ1n) is 13.7. The Hall–Kier alpha value is -4.18. The van der Waals surface area contributed by atoms with Crippen LogP contribution >= 0.6 is 11.3 Å². The summed E-state index contributed by atoms with van der Waals surface area (Å²) < 4.78 is 16.9. The van der Waals surface area contributed by atoms with Gasteiger partial charge in [0.25, 0.3) is 5.78 Å². The first-order valence-corrected chi connectivity index (χ1v) is 14.5. The third kappa shape index (κ3) is 5.44. The van der Waals surface area contributed by atoms with Crippen LogP contribution in [0.2, 0.25) is 0 Å². The van der Waals surface area contributed by atoms with E-state index >= 15 is 0 Å². The Morgan fingerprint density at radius 1 is 1.20 bits per heavy atom. The molecule has 1 aromatic heterocycles. The van der Waals surface area contributed by atoms with Gasteiger partial charge in [0.05, 0.1) is 30.5 Å². The van der Waals surface area contributed by atoms with Crippen molar-refractivity contribution < 1.29 is 33.7 Å². The zero-order valence-electron chi connectivity index (χ0n) is 23.4. The number of carbonyl (C=O) groups excluding carboxylic acids is 3. The minimum atomic E-state index is -1.01. The zero-order chi connectivity index (χ0) is 29.3. The van der Waals surface area contributed by atoms with E-state index in [1.165, 1.54) is 4.90 Å². The van der Waals surface area contributed by atoms with Crippen molar-refractivity contribution in [3.63, 3.8) is 0 Å². The molecule has 2 aliphatic rings. The molecule has 0 unspecified atom stereocenters. The summed E-state index contributed by atoms with van der Waals surface area (Å²) in [4.78, 5) is 45.7. The van der Waals surface area contributed by atoms with Gasteiger partial charge in [0, 0.05) is 12.0 Å². The fourth-order valence-corrected chi connectivity index (χ4v) is 6.04. The van der Waals surface area contributed by atoms with Crippen LogP contribution in [0.15, 0.2) is 48.0 Å². The number of unbranched alkanes of at least 4 members (excludes halogenated alkanes) is 1. The maximum Gasteiger partial charge on any atom is 0.350 e. The Labute approximate surface area is 242 Å². The fourth-order valence-electron chi connectivity index (χ4n) is 5.05. The summed E-state index contributed by atoms with van der Waals surface area (Å²) in [5, 5.41) is 11.7. The lowest BCUT2D eigenvalue weighted by Gasteiger charge is -2.23. The van der Waals surface area contributed by atoms with Crippen LogP contribution in [0.5, 0.6) is 11.5 Å². The van der Waals surface area contributed by atoms with E-state index in [4.69, 9.17) is 14.2 Å². The number of aromatic nitrogens is 1. The molecule has 0 aliphatic carbocycles. The van der Waals surface area contributed by atoms with Gasteiger partial charge >= 0.3 is 11.9 Å². The van der Waals surface area contributed by atoms with Crippen molar-refractivity contribution in [3.05, 3.63) is 75.3 Å². The highest BCUT2D eigenvalue weighted by atomic mass is 32.1. The smallest absolute Gasteiger partial charge is 0.350 e. The van der Waals surface area contributed by atoms with E-state index in [-0.39, 0.29) is 34.1 Å². The molecule has 1 N–H and O–H groups in total. The maximum atomic E-state index is 13.6. The predicted octanol–water partition coefficient (Wildman–Crippen LogP) is 5.76. The number of aliphatic hydroxyl groups excluding tert-OH is 1. The molecule has 2 aromatic carbocycles. The minimum absolute atomic E-state index is 0.00478. The lowest BCUT2D eigenvalue weighted by molar-refractivity contribution is -0.132. The molecular formula is C31H32N2O7S. The second-order valence-corrected chi connectivity index (χ2v) is 11.0. The first kappa shape index (κ1) is 28.4. The molecule has 1 fully saturated rings. The van der Waals surface area contributed by atoms with E-state index in [1.54, 1.807) is 56.3 Å². The highest BCUT2D eigenvalue weighted by Crippen LogP contribution is 2.45. The Kier molecular flexibility index (Phi) is 8.12. The molecule has 3 aromatic rings. The number of nitrogens with zero attached hydrogens (tertiary/aromatic N) is 2. The molecule has 9 nitrogen and oxygen atoms in total. The van der Waals surface area contributed by atoms with Gasteiger partial charge in [0.15, 0.2) is 5.13 Å². The molecule has 2 atom stereocenters. The van der Waals surface area contributed by atoms with Crippen LogP contribution in [0, 0.1) is 6.92 Å². The molecule has 3 heterocycles. The highest BCUT2D eigenvalue weighted by molar-refractivity contribution is 7.17. The number of Topliss-reactive ketones (excluding diaryl/α,β-unsaturated/α-hetero) is 1. The van der Waals surface area contributed by atoms with Gasteiger partial charge in [-0.3, -0.25) is 14.5 Å². The number of benzene rings is 2. The molecule has 2 aliphatic heterocycles. The average Bonchev–Trinajstić information content (AvgIpc) is 3.60. The number of ether oxygens (including phenoxy) is 3. The molecule has 1 saturated heterocycles. The number of ketones is 1. The molecule has 0 radical (unpaired) electrons. The van der Waals surface area contributed by atoms with E-state index in [9.17, 15) is 19.5 Å². The number of aryl methyl sites for hydroxylation is 1. The van der Waals surface area contributed by atoms with E-state index in [0.29, 0.717) is 35.6 Å². The summed E-state index contributed by atoms with van der Waals surface area (Å²) >= 11 is 0.971. The van der Waals surface area contributed by atoms with E-state index in [2.05, 4.69) is 11.9 Å². The SMILES string of the molecule is CCCCOc1cccc([C@H]2C(=C(O)c3ccc4c(c3)C[C@H](C)O4)C(=O)C(=O)N2c2nc(C)c(C(=O)OCC)s2)c1. The standard InChI is InChI=1S/C31H32N2O7S/c1-5-7-13-39-22-10-8-9-19(16-22)25-24(26(34)20-11-12-23-21(15-20)14-17(3)40-23)27(35)29(36)33(25)31-32-18(4)28(41-31)30(37)38-6-2/h8-12,15-17,25,34H,5-7,13-14H2,1-4H3/t17-,25-/m0/s1. The van der Waals surface area contributed by atoms with E-state index < -0.39 is 23.7 Å². The van der Waals surface area contributed by atoms with Crippen molar-refractivity contribution in [1.29, 1.82) is 0 Å². The van der Waals surface area contributed by atoms with Gasteiger partial charge in [0.2, 0.25) is 0 Å². The number of fused-ring (bicyclic) bond motifs is 1. The minimum Gasteiger partial charge on any atom is -0.507 e. The summed E-state index contributed by atoms with van der Waals surface area (Å²) in [6.45, 7) is 8.08. The summed E-state index contributed by atoms with van der Waals surface area (Å²) in [6, 6.07) is 11.3. The first-order chi connectivity index (χ1) is 19.7. The quantitative estimate of drug-likeness (QED) is 0.112. The molecule has 0 spiro atoms. The van der Waals surface area contributed by atoms with E-state index in [1.807, 2.05) is 6.92 Å². The molecular weight excluding hydrogens is 544 g/mol. The lowest BCUT2D eigenvalue weighted by Crippen LogP contribution is -2.29. The van der Waals surface area contributed by atoms with Crippen molar-refractivity contribution in [2.75, 3.05) is 18.1 Å². The number of hydrogen-bond donors (Lipinski definition) is 1. The average molecular weight is 577 g/mol. The number of hydrogen-bond acceptors (Lipinski definition) is 9. The molecule has 214 valence electrons. The topological polar surface area (TPSA) is 115 Å². The van der Waals surface area contributed by atoms with Crippen LogP contribution in [0.3, 0.4) is 0 Å². The largest absolute Gasteiger partial charge is 0.507 e. The number of anilines is 1. The van der Waals surface area contributed by atoms with Crippen LogP contribution in [0.1, 0.15) is 71.7 Å². The maximum absolute atomic E-state index is 13.6. The van der Waals surface area contributed by atoms with Crippen LogP contribution in [-0.4, -0.2) is 47.1 Å². The number of rotatable bonds is 9. The van der Waals surface area contributed by atoms with Gasteiger partial charge in [-0.05, 0) is 68.7 Å². The van der Waals surface area contributed by atoms with Crippen molar-refractivity contribution in [1.82, 2.24) is 4.98 Å². The third-order valence-electron chi connectivity index (χ3n) is 7.01. The zero-order valence-corrected chi connectivity index (χ0v) is 24.2. The Bertz CT molecular complexity index is 1540. The van der Waals surface area contributed by atoms with Gasteiger partial charge in [-0.1, -0.05) is 36.8 Å². The summed E-state index contributed by atoms with van der Waals surface area (Å²) in [6.07, 6.45) is 2.51. The number of aliphatic hydroxyl groups is 1. The molecule has 5 rings (SSSR count). The normalized spacial score (nSPS) is 19.3. The van der Waals surface area contributed by atoms with Crippen LogP contribution in [-0.2, 0) is 20.7 Å². The molecule has 0 bridgehead atoms.